The molecule has 0 radical (unpaired) electrons. The van der Waals surface area contributed by atoms with Gasteiger partial charge in [0, 0.05) is 18.7 Å². The largest absolute Gasteiger partial charge is 0.545 e. The van der Waals surface area contributed by atoms with Gasteiger partial charge in [-0.1, -0.05) is 24.3 Å². The number of benzene rings is 2. The van der Waals surface area contributed by atoms with E-state index in [1.165, 1.54) is 30.2 Å². The number of rotatable bonds is 5. The maximum atomic E-state index is 12.5. The second-order valence-corrected chi connectivity index (χ2v) is 5.93. The van der Waals surface area contributed by atoms with E-state index in [1.807, 2.05) is 0 Å². The Hall–Kier alpha value is -3.35. The lowest BCUT2D eigenvalue weighted by Crippen LogP contribution is -2.28. The lowest BCUT2D eigenvalue weighted by molar-refractivity contribution is -0.255. The number of ether oxygens (including phenoxy) is 1. The van der Waals surface area contributed by atoms with Crippen molar-refractivity contribution in [1.29, 1.82) is 0 Å². The van der Waals surface area contributed by atoms with Gasteiger partial charge < -0.3 is 24.9 Å². The molecule has 1 saturated heterocycles. The fraction of sp³-hybridized carbons (Fsp3) is 0.211. The van der Waals surface area contributed by atoms with Crippen molar-refractivity contribution in [2.24, 2.45) is 5.92 Å². The van der Waals surface area contributed by atoms with Crippen LogP contribution in [0.15, 0.2) is 48.5 Å². The lowest BCUT2D eigenvalue weighted by atomic mass is 10.1. The maximum absolute atomic E-state index is 12.5. The van der Waals surface area contributed by atoms with Crippen LogP contribution in [0.1, 0.15) is 16.8 Å². The molecule has 0 spiro atoms. The summed E-state index contributed by atoms with van der Waals surface area (Å²) in [7, 11) is 1.52. The van der Waals surface area contributed by atoms with E-state index >= 15 is 0 Å². The van der Waals surface area contributed by atoms with Gasteiger partial charge in [0.05, 0.1) is 24.7 Å². The Morgan fingerprint density at radius 1 is 1.19 bits per heavy atom. The minimum Gasteiger partial charge on any atom is -0.545 e. The van der Waals surface area contributed by atoms with Gasteiger partial charge in [-0.15, -0.1) is 0 Å². The molecule has 1 atom stereocenters. The van der Waals surface area contributed by atoms with Crippen LogP contribution in [0.3, 0.4) is 0 Å². The van der Waals surface area contributed by atoms with Crippen molar-refractivity contribution >= 4 is 29.2 Å². The van der Waals surface area contributed by atoms with E-state index in [4.69, 9.17) is 4.74 Å². The number of nitrogens with zero attached hydrogens (tertiary/aromatic N) is 1. The van der Waals surface area contributed by atoms with Gasteiger partial charge >= 0.3 is 0 Å². The number of methoxy groups -OCH3 is 1. The molecular weight excluding hydrogens is 336 g/mol. The summed E-state index contributed by atoms with van der Waals surface area (Å²) in [5, 5.41) is 13.6. The number of carbonyl (C=O) groups excluding carboxylic acids is 3. The lowest BCUT2D eigenvalue weighted by Gasteiger charge is -2.19. The normalized spacial score (nSPS) is 16.4. The first-order valence-corrected chi connectivity index (χ1v) is 8.05. The Morgan fingerprint density at radius 2 is 1.96 bits per heavy atom. The minimum absolute atomic E-state index is 0.0269. The Labute approximate surface area is 150 Å². The van der Waals surface area contributed by atoms with E-state index in [-0.39, 0.29) is 30.3 Å². The van der Waals surface area contributed by atoms with Crippen LogP contribution in [0.2, 0.25) is 0 Å². The number of aromatic carboxylic acids is 1. The molecule has 1 heterocycles. The summed E-state index contributed by atoms with van der Waals surface area (Å²) >= 11 is 0. The Balaban J connectivity index is 1.73. The average molecular weight is 353 g/mol. The monoisotopic (exact) mass is 353 g/mol. The van der Waals surface area contributed by atoms with Crippen LogP contribution < -0.4 is 20.1 Å². The van der Waals surface area contributed by atoms with Gasteiger partial charge in [0.1, 0.15) is 5.75 Å². The molecule has 2 amide bonds. The van der Waals surface area contributed by atoms with Crippen molar-refractivity contribution in [2.75, 3.05) is 23.9 Å². The molecule has 1 fully saturated rings. The highest BCUT2D eigenvalue weighted by atomic mass is 16.5. The third kappa shape index (κ3) is 3.51. The first-order valence-electron chi connectivity index (χ1n) is 8.05. The van der Waals surface area contributed by atoms with Gasteiger partial charge in [-0.2, -0.15) is 0 Å². The van der Waals surface area contributed by atoms with E-state index in [9.17, 15) is 19.5 Å². The van der Waals surface area contributed by atoms with Gasteiger partial charge in [0.15, 0.2) is 0 Å². The van der Waals surface area contributed by atoms with Crippen LogP contribution >= 0.6 is 0 Å². The van der Waals surface area contributed by atoms with Crippen LogP contribution in [-0.4, -0.2) is 31.4 Å². The highest BCUT2D eigenvalue weighted by Crippen LogP contribution is 2.33. The number of anilines is 2. The van der Waals surface area contributed by atoms with Crippen molar-refractivity contribution < 1.29 is 24.2 Å². The van der Waals surface area contributed by atoms with E-state index in [0.717, 1.165) is 0 Å². The first kappa shape index (κ1) is 17.5. The van der Waals surface area contributed by atoms with E-state index < -0.39 is 11.9 Å². The molecule has 2 aromatic carbocycles. The Bertz CT molecular complexity index is 865. The van der Waals surface area contributed by atoms with Crippen LogP contribution in [-0.2, 0) is 9.59 Å². The number of carboxylic acid groups (broad SMARTS) is 1. The molecule has 1 aliphatic heterocycles. The molecule has 0 aromatic heterocycles. The summed E-state index contributed by atoms with van der Waals surface area (Å²) in [5.74, 6) is -1.81. The second-order valence-electron chi connectivity index (χ2n) is 5.93. The third-order valence-corrected chi connectivity index (χ3v) is 4.24. The fourth-order valence-electron chi connectivity index (χ4n) is 2.94. The van der Waals surface area contributed by atoms with Crippen molar-refractivity contribution in [3.8, 4) is 5.75 Å². The van der Waals surface area contributed by atoms with Gasteiger partial charge in [0.2, 0.25) is 11.8 Å². The van der Waals surface area contributed by atoms with E-state index in [1.54, 1.807) is 30.3 Å². The standard InChI is InChI=1S/C19H18N2O5/c1-26-16-8-3-2-7-15(16)21-11-13(10-17(21)22)18(23)20-14-6-4-5-12(9-14)19(24)25/h2-9,13H,10-11H2,1H3,(H,20,23)(H,24,25)/p-1. The Morgan fingerprint density at radius 3 is 2.69 bits per heavy atom. The van der Waals surface area contributed by atoms with Crippen LogP contribution in [0.4, 0.5) is 11.4 Å². The molecule has 1 aliphatic rings. The van der Waals surface area contributed by atoms with Gasteiger partial charge in [0.25, 0.3) is 0 Å². The number of nitrogens with one attached hydrogen (secondary N) is 1. The van der Waals surface area contributed by atoms with Crippen molar-refractivity contribution in [3.63, 3.8) is 0 Å². The number of hydrogen-bond donors (Lipinski definition) is 1. The molecule has 0 bridgehead atoms. The molecule has 0 saturated carbocycles. The number of carbonyl (C=O) groups is 3. The Kier molecular flexibility index (Phi) is 4.88. The number of carboxylic acids is 1. The molecule has 7 nitrogen and oxygen atoms in total. The maximum Gasteiger partial charge on any atom is 0.229 e. The molecule has 0 aliphatic carbocycles. The highest BCUT2D eigenvalue weighted by Gasteiger charge is 2.36. The third-order valence-electron chi connectivity index (χ3n) is 4.24. The molecule has 7 heteroatoms. The van der Waals surface area contributed by atoms with E-state index in [2.05, 4.69) is 5.32 Å². The van der Waals surface area contributed by atoms with Crippen LogP contribution in [0, 0.1) is 5.92 Å². The first-order chi connectivity index (χ1) is 12.5. The molecule has 26 heavy (non-hydrogen) atoms. The second kappa shape index (κ2) is 7.26. The minimum atomic E-state index is -1.32. The van der Waals surface area contributed by atoms with Crippen LogP contribution in [0.25, 0.3) is 0 Å². The van der Waals surface area contributed by atoms with Crippen molar-refractivity contribution in [3.05, 3.63) is 54.1 Å². The summed E-state index contributed by atoms with van der Waals surface area (Å²) < 4.78 is 5.28. The van der Waals surface area contributed by atoms with Gasteiger partial charge in [-0.25, -0.2) is 0 Å². The van der Waals surface area contributed by atoms with E-state index in [0.29, 0.717) is 17.1 Å². The highest BCUT2D eigenvalue weighted by molar-refractivity contribution is 6.04. The number of hydrogen-bond acceptors (Lipinski definition) is 5. The fourth-order valence-corrected chi connectivity index (χ4v) is 2.94. The molecule has 2 aromatic rings. The SMILES string of the molecule is COc1ccccc1N1CC(C(=O)Nc2cccc(C(=O)[O-])c2)CC1=O. The zero-order valence-corrected chi connectivity index (χ0v) is 14.1. The average Bonchev–Trinajstić information content (AvgIpc) is 3.03. The zero-order valence-electron chi connectivity index (χ0n) is 14.1. The topological polar surface area (TPSA) is 98.8 Å². The summed E-state index contributed by atoms with van der Waals surface area (Å²) in [6.45, 7) is 0.227. The van der Waals surface area contributed by atoms with Crippen molar-refractivity contribution in [2.45, 2.75) is 6.42 Å². The predicted octanol–water partition coefficient (Wildman–Crippen LogP) is 1.05. The summed E-state index contributed by atoms with van der Waals surface area (Å²) in [6, 6.07) is 12.9. The van der Waals surface area contributed by atoms with Crippen molar-refractivity contribution in [1.82, 2.24) is 0 Å². The molecular formula is C19H17N2O5-. The predicted molar refractivity (Wildman–Crippen MR) is 92.9 cm³/mol. The zero-order chi connectivity index (χ0) is 18.7. The number of para-hydroxylation sites is 2. The molecule has 134 valence electrons. The molecule has 3 rings (SSSR count). The molecule has 1 N–H and O–H groups in total. The quantitative estimate of drug-likeness (QED) is 0.866. The van der Waals surface area contributed by atoms with Crippen LogP contribution in [0.5, 0.6) is 5.75 Å². The summed E-state index contributed by atoms with van der Waals surface area (Å²) in [4.78, 5) is 37.3. The van der Waals surface area contributed by atoms with Gasteiger partial charge in [-0.3, -0.25) is 9.59 Å². The summed E-state index contributed by atoms with van der Waals surface area (Å²) in [6.07, 6.45) is 0.0735. The molecule has 1 unspecified atom stereocenters. The van der Waals surface area contributed by atoms with Gasteiger partial charge in [-0.05, 0) is 29.8 Å². The summed E-state index contributed by atoms with van der Waals surface area (Å²) in [5.41, 5.74) is 0.940. The number of amides is 2. The smallest absolute Gasteiger partial charge is 0.229 e.